The number of rotatable bonds is 4. The number of halogens is 1. The molecule has 1 aliphatic heterocycles. The van der Waals surface area contributed by atoms with Crippen LogP contribution in [0, 0.1) is 0 Å². The Labute approximate surface area is 171 Å². The molecule has 0 spiro atoms. The van der Waals surface area contributed by atoms with Crippen LogP contribution in [0.1, 0.15) is 51.7 Å². The molecule has 152 valence electrons. The maximum absolute atomic E-state index is 15.7. The van der Waals surface area contributed by atoms with Gasteiger partial charge in [-0.2, -0.15) is 0 Å². The van der Waals surface area contributed by atoms with Crippen LogP contribution in [0.3, 0.4) is 0 Å². The van der Waals surface area contributed by atoms with Gasteiger partial charge in [-0.3, -0.25) is 0 Å². The smallest absolute Gasteiger partial charge is 0.479 e. The molecule has 2 fully saturated rings. The Balaban J connectivity index is 1.65. The van der Waals surface area contributed by atoms with Gasteiger partial charge in [0.05, 0.1) is 11.2 Å². The lowest BCUT2D eigenvalue weighted by atomic mass is 9.78. The van der Waals surface area contributed by atoms with Gasteiger partial charge in [-0.1, -0.05) is 61.5 Å². The normalized spacial score (nSPS) is 32.2. The van der Waals surface area contributed by atoms with Crippen LogP contribution in [0.5, 0.6) is 0 Å². The van der Waals surface area contributed by atoms with Crippen molar-refractivity contribution in [2.45, 2.75) is 62.8 Å². The number of aliphatic carboxylic acids is 1. The fraction of sp³-hybridized carbons (Fsp3) is 0.435. The van der Waals surface area contributed by atoms with Crippen molar-refractivity contribution in [3.63, 3.8) is 0 Å². The van der Waals surface area contributed by atoms with Crippen LogP contribution in [-0.4, -0.2) is 35.1 Å². The van der Waals surface area contributed by atoms with E-state index in [-0.39, 0.29) is 0 Å². The molecule has 2 aliphatic rings. The summed E-state index contributed by atoms with van der Waals surface area (Å²) in [6, 6.07) is 16.3. The van der Waals surface area contributed by atoms with Crippen molar-refractivity contribution in [2.75, 3.05) is 0 Å². The Morgan fingerprint density at radius 1 is 0.931 bits per heavy atom. The topological polar surface area (TPSA) is 55.8 Å². The minimum atomic E-state index is -2.35. The van der Waals surface area contributed by atoms with Gasteiger partial charge >= 0.3 is 13.1 Å². The average Bonchev–Trinajstić information content (AvgIpc) is 3.10. The first kappa shape index (κ1) is 20.1. The molecule has 1 saturated carbocycles. The lowest BCUT2D eigenvalue weighted by molar-refractivity contribution is -0.145. The molecule has 6 heteroatoms. The van der Waals surface area contributed by atoms with E-state index in [1.807, 2.05) is 45.9 Å². The number of benzene rings is 2. The Kier molecular flexibility index (Phi) is 4.27. The first-order valence-corrected chi connectivity index (χ1v) is 9.88. The molecule has 4 rings (SSSR count). The maximum atomic E-state index is 15.7. The lowest BCUT2D eigenvalue weighted by Crippen LogP contribution is -2.41. The molecule has 29 heavy (non-hydrogen) atoms. The molecule has 2 aromatic rings. The molecule has 1 heterocycles. The van der Waals surface area contributed by atoms with Crippen molar-refractivity contribution in [3.8, 4) is 0 Å². The van der Waals surface area contributed by atoms with Gasteiger partial charge in [0.25, 0.3) is 0 Å². The fourth-order valence-corrected chi connectivity index (χ4v) is 4.47. The van der Waals surface area contributed by atoms with Gasteiger partial charge in [0.15, 0.2) is 0 Å². The van der Waals surface area contributed by atoms with Crippen LogP contribution >= 0.6 is 0 Å². The Morgan fingerprint density at radius 3 is 1.93 bits per heavy atom. The van der Waals surface area contributed by atoms with E-state index in [2.05, 4.69) is 0 Å². The number of carboxylic acid groups (broad SMARTS) is 1. The van der Waals surface area contributed by atoms with E-state index in [9.17, 15) is 9.90 Å². The number of carbonyl (C=O) groups is 1. The predicted molar refractivity (Wildman–Crippen MR) is 110 cm³/mol. The SMILES string of the molecule is CC1(C)OB(c2ccc([C@@H]3[C@@](F)(C(=O)O)[C@]3(C)c3ccccc3)cc2)OC1(C)C. The molecule has 0 aromatic heterocycles. The van der Waals surface area contributed by atoms with E-state index in [0.717, 1.165) is 5.46 Å². The van der Waals surface area contributed by atoms with Crippen molar-refractivity contribution in [1.82, 2.24) is 0 Å². The highest BCUT2D eigenvalue weighted by molar-refractivity contribution is 6.62. The summed E-state index contributed by atoms with van der Waals surface area (Å²) in [4.78, 5) is 11.9. The van der Waals surface area contributed by atoms with E-state index < -0.39 is 41.3 Å². The predicted octanol–water partition coefficient (Wildman–Crippen LogP) is 3.83. The van der Waals surface area contributed by atoms with Crippen LogP contribution in [0.25, 0.3) is 0 Å². The van der Waals surface area contributed by atoms with Gasteiger partial charge in [0, 0.05) is 11.3 Å². The summed E-state index contributed by atoms with van der Waals surface area (Å²) < 4.78 is 27.8. The number of hydrogen-bond acceptors (Lipinski definition) is 3. The monoisotopic (exact) mass is 396 g/mol. The summed E-state index contributed by atoms with van der Waals surface area (Å²) in [5.41, 5.74) is -2.20. The minimum Gasteiger partial charge on any atom is -0.479 e. The van der Waals surface area contributed by atoms with E-state index in [1.165, 1.54) is 0 Å². The maximum Gasteiger partial charge on any atom is 0.494 e. The second-order valence-corrected chi connectivity index (χ2v) is 9.27. The van der Waals surface area contributed by atoms with Crippen molar-refractivity contribution in [3.05, 3.63) is 65.7 Å². The summed E-state index contributed by atoms with van der Waals surface area (Å²) in [5, 5.41) is 9.67. The van der Waals surface area contributed by atoms with E-state index in [1.54, 1.807) is 43.3 Å². The first-order valence-electron chi connectivity index (χ1n) is 9.88. The van der Waals surface area contributed by atoms with Crippen molar-refractivity contribution in [2.24, 2.45) is 0 Å². The molecule has 1 aliphatic carbocycles. The molecule has 0 bridgehead atoms. The van der Waals surface area contributed by atoms with E-state index in [0.29, 0.717) is 11.1 Å². The average molecular weight is 396 g/mol. The molecule has 0 unspecified atom stereocenters. The van der Waals surface area contributed by atoms with Crippen LogP contribution in [0.4, 0.5) is 4.39 Å². The van der Waals surface area contributed by atoms with Gasteiger partial charge in [0.1, 0.15) is 0 Å². The largest absolute Gasteiger partial charge is 0.494 e. The van der Waals surface area contributed by atoms with Crippen molar-refractivity contribution in [1.29, 1.82) is 0 Å². The summed E-state index contributed by atoms with van der Waals surface area (Å²) in [5.74, 6) is -2.19. The van der Waals surface area contributed by atoms with Crippen LogP contribution in [0.2, 0.25) is 0 Å². The number of carboxylic acids is 1. The zero-order valence-electron chi connectivity index (χ0n) is 17.4. The molecule has 0 radical (unpaired) electrons. The molecule has 2 aromatic carbocycles. The molecule has 0 amide bonds. The second-order valence-electron chi connectivity index (χ2n) is 9.27. The van der Waals surface area contributed by atoms with Crippen LogP contribution in [0.15, 0.2) is 54.6 Å². The van der Waals surface area contributed by atoms with Crippen LogP contribution < -0.4 is 5.46 Å². The number of hydrogen-bond donors (Lipinski definition) is 1. The zero-order chi connectivity index (χ0) is 21.2. The fourth-order valence-electron chi connectivity index (χ4n) is 4.47. The Hall–Kier alpha value is -2.18. The van der Waals surface area contributed by atoms with Crippen molar-refractivity contribution >= 4 is 18.6 Å². The van der Waals surface area contributed by atoms with E-state index in [4.69, 9.17) is 9.31 Å². The van der Waals surface area contributed by atoms with Gasteiger partial charge < -0.3 is 14.4 Å². The minimum absolute atomic E-state index is 0.448. The van der Waals surface area contributed by atoms with Gasteiger partial charge in [-0.15, -0.1) is 0 Å². The second kappa shape index (κ2) is 6.16. The standard InChI is InChI=1S/C23H26BFO4/c1-20(2)21(3,4)29-24(28-20)17-13-11-15(12-14-17)18-22(5,23(18,25)19(26)27)16-9-7-6-8-10-16/h6-14,18H,1-5H3,(H,26,27)/t18-,22+,23+/m0/s1. The van der Waals surface area contributed by atoms with Gasteiger partial charge in [-0.05, 0) is 44.3 Å². The molecule has 1 N–H and O–H groups in total. The highest BCUT2D eigenvalue weighted by Gasteiger charge is 2.81. The molecule has 3 atom stereocenters. The third-order valence-electron chi connectivity index (χ3n) is 7.13. The van der Waals surface area contributed by atoms with Crippen LogP contribution in [-0.2, 0) is 19.5 Å². The highest BCUT2D eigenvalue weighted by Crippen LogP contribution is 2.70. The molecular formula is C23H26BFO4. The first-order chi connectivity index (χ1) is 13.4. The molecule has 1 saturated heterocycles. The summed E-state index contributed by atoms with van der Waals surface area (Å²) in [6.07, 6.45) is 0. The summed E-state index contributed by atoms with van der Waals surface area (Å²) >= 11 is 0. The Morgan fingerprint density at radius 2 is 1.45 bits per heavy atom. The molecular weight excluding hydrogens is 370 g/mol. The van der Waals surface area contributed by atoms with Gasteiger partial charge in [-0.25, -0.2) is 9.18 Å². The third-order valence-corrected chi connectivity index (χ3v) is 7.13. The zero-order valence-corrected chi connectivity index (χ0v) is 17.4. The summed E-state index contributed by atoms with van der Waals surface area (Å²) in [6.45, 7) is 9.63. The number of alkyl halides is 1. The van der Waals surface area contributed by atoms with Gasteiger partial charge in [0.2, 0.25) is 5.67 Å². The summed E-state index contributed by atoms with van der Waals surface area (Å²) in [7, 11) is -0.511. The lowest BCUT2D eigenvalue weighted by Gasteiger charge is -2.32. The van der Waals surface area contributed by atoms with Crippen molar-refractivity contribution < 1.29 is 23.6 Å². The quantitative estimate of drug-likeness (QED) is 0.799. The molecule has 4 nitrogen and oxygen atoms in total. The third kappa shape index (κ3) is 2.69. The highest BCUT2D eigenvalue weighted by atomic mass is 19.1. The van der Waals surface area contributed by atoms with E-state index >= 15 is 4.39 Å². The Bertz CT molecular complexity index is 927.